The lowest BCUT2D eigenvalue weighted by Gasteiger charge is -2.45. The number of nitrogens with zero attached hydrogens (tertiary/aromatic N) is 1. The Balaban J connectivity index is 2.15. The second kappa shape index (κ2) is 6.85. The zero-order chi connectivity index (χ0) is 19.2. The smallest absolute Gasteiger partial charge is 0.330 e. The lowest BCUT2D eigenvalue weighted by molar-refractivity contribution is -0.271. The highest BCUT2D eigenvalue weighted by molar-refractivity contribution is 5.08. The average Bonchev–Trinajstić information content (AvgIpc) is 2.93. The number of hydrogen-bond donors (Lipinski definition) is 6. The number of ether oxygens (including phenoxy) is 2. The molecule has 26 heavy (non-hydrogen) atoms. The molecule has 0 aromatic carbocycles. The van der Waals surface area contributed by atoms with Gasteiger partial charge in [0.1, 0.15) is 30.5 Å². The molecule has 6 N–H and O–H groups in total. The molecule has 2 saturated heterocycles. The Morgan fingerprint density at radius 3 is 2.54 bits per heavy atom. The van der Waals surface area contributed by atoms with Crippen LogP contribution in [0.5, 0.6) is 0 Å². The predicted molar refractivity (Wildman–Crippen MR) is 84.4 cm³/mol. The molecule has 0 amide bonds. The van der Waals surface area contributed by atoms with Crippen LogP contribution in [0.4, 0.5) is 0 Å². The van der Waals surface area contributed by atoms with E-state index in [1.807, 2.05) is 0 Å². The monoisotopic (exact) mass is 374 g/mol. The van der Waals surface area contributed by atoms with Crippen LogP contribution in [0.25, 0.3) is 0 Å². The van der Waals surface area contributed by atoms with E-state index in [1.165, 1.54) is 13.1 Å². The first-order valence-electron chi connectivity index (χ1n) is 8.17. The molecule has 3 rings (SSSR count). The van der Waals surface area contributed by atoms with E-state index in [9.17, 15) is 35.1 Å². The van der Waals surface area contributed by atoms with Gasteiger partial charge >= 0.3 is 5.69 Å². The van der Waals surface area contributed by atoms with E-state index in [2.05, 4.69) is 4.98 Å². The number of aliphatic hydroxyl groups is 5. The van der Waals surface area contributed by atoms with Crippen LogP contribution in [0.2, 0.25) is 0 Å². The molecule has 2 aliphatic rings. The van der Waals surface area contributed by atoms with Gasteiger partial charge in [-0.1, -0.05) is 0 Å². The molecule has 146 valence electrons. The SMILES string of the molecule is Cc1cn([C@@]2(C3OCC(O)C(O)C3O)C[C@H](O)[C@@H](CO)O2)c(=O)[nH]c1=O. The van der Waals surface area contributed by atoms with E-state index < -0.39 is 60.2 Å². The average molecular weight is 374 g/mol. The van der Waals surface area contributed by atoms with Crippen LogP contribution in [0.15, 0.2) is 15.8 Å². The van der Waals surface area contributed by atoms with Crippen molar-refractivity contribution in [3.63, 3.8) is 0 Å². The third-order valence-electron chi connectivity index (χ3n) is 4.94. The summed E-state index contributed by atoms with van der Waals surface area (Å²) < 4.78 is 12.2. The topological polar surface area (TPSA) is 174 Å². The lowest BCUT2D eigenvalue weighted by atomic mass is 9.89. The van der Waals surface area contributed by atoms with Gasteiger partial charge in [0.05, 0.1) is 19.3 Å². The molecule has 2 aliphatic heterocycles. The molecule has 0 saturated carbocycles. The minimum Gasteiger partial charge on any atom is -0.394 e. The molecular formula is C15H22N2O9. The molecule has 3 heterocycles. The summed E-state index contributed by atoms with van der Waals surface area (Å²) in [5, 5.41) is 49.7. The lowest BCUT2D eigenvalue weighted by Crippen LogP contribution is -2.64. The predicted octanol–water partition coefficient (Wildman–Crippen LogP) is -3.88. The Morgan fingerprint density at radius 2 is 1.92 bits per heavy atom. The van der Waals surface area contributed by atoms with E-state index >= 15 is 0 Å². The molecule has 4 unspecified atom stereocenters. The van der Waals surface area contributed by atoms with Crippen molar-refractivity contribution in [2.75, 3.05) is 13.2 Å². The van der Waals surface area contributed by atoms with E-state index in [4.69, 9.17) is 9.47 Å². The molecule has 1 aromatic rings. The molecular weight excluding hydrogens is 352 g/mol. The highest BCUT2D eigenvalue weighted by Gasteiger charge is 2.58. The standard InChI is InChI=1S/C15H22N2O9/c1-6-3-17(14(24)16-13(6)23)15(2-7(19)9(4-18)26-15)12-11(22)10(21)8(20)5-25-12/h3,7-12,18-22H,2,4-5H2,1H3,(H,16,23,24)/t7-,8?,9+,10?,11?,12?,15-/m0/s1. The third-order valence-corrected chi connectivity index (χ3v) is 4.94. The number of nitrogens with one attached hydrogen (secondary N) is 1. The molecule has 0 spiro atoms. The molecule has 2 fully saturated rings. The minimum atomic E-state index is -1.81. The molecule has 7 atom stereocenters. The summed E-state index contributed by atoms with van der Waals surface area (Å²) in [6.45, 7) is 0.549. The minimum absolute atomic E-state index is 0.167. The van der Waals surface area contributed by atoms with Gasteiger partial charge in [-0.25, -0.2) is 4.79 Å². The molecule has 11 heteroatoms. The molecule has 0 bridgehead atoms. The van der Waals surface area contributed by atoms with E-state index in [1.54, 1.807) is 0 Å². The van der Waals surface area contributed by atoms with Crippen LogP contribution in [0, 0.1) is 6.92 Å². The van der Waals surface area contributed by atoms with Crippen molar-refractivity contribution in [1.29, 1.82) is 0 Å². The Morgan fingerprint density at radius 1 is 1.23 bits per heavy atom. The fourth-order valence-electron chi connectivity index (χ4n) is 3.51. The van der Waals surface area contributed by atoms with Crippen molar-refractivity contribution < 1.29 is 35.0 Å². The first-order chi connectivity index (χ1) is 12.2. The summed E-state index contributed by atoms with van der Waals surface area (Å²) in [6.07, 6.45) is -7.24. The molecule has 11 nitrogen and oxygen atoms in total. The van der Waals surface area contributed by atoms with Crippen molar-refractivity contribution in [1.82, 2.24) is 9.55 Å². The number of aliphatic hydroxyl groups excluding tert-OH is 5. The summed E-state index contributed by atoms with van der Waals surface area (Å²) in [7, 11) is 0. The Bertz CT molecular complexity index is 777. The summed E-state index contributed by atoms with van der Waals surface area (Å²) in [6, 6.07) is 0. The maximum atomic E-state index is 12.4. The number of aromatic amines is 1. The van der Waals surface area contributed by atoms with Crippen LogP contribution >= 0.6 is 0 Å². The van der Waals surface area contributed by atoms with Crippen LogP contribution in [0.1, 0.15) is 12.0 Å². The van der Waals surface area contributed by atoms with Crippen molar-refractivity contribution in [3.05, 3.63) is 32.6 Å². The van der Waals surface area contributed by atoms with Gasteiger partial charge in [0.15, 0.2) is 5.72 Å². The van der Waals surface area contributed by atoms with E-state index in [0.717, 1.165) is 4.57 Å². The highest BCUT2D eigenvalue weighted by atomic mass is 16.6. The van der Waals surface area contributed by atoms with Crippen LogP contribution in [-0.2, 0) is 15.2 Å². The first-order valence-corrected chi connectivity index (χ1v) is 8.17. The quantitative estimate of drug-likeness (QED) is 0.309. The number of aryl methyl sites for hydroxylation is 1. The van der Waals surface area contributed by atoms with Crippen molar-refractivity contribution in [2.45, 2.75) is 55.7 Å². The van der Waals surface area contributed by atoms with Gasteiger partial charge in [-0.3, -0.25) is 14.3 Å². The van der Waals surface area contributed by atoms with Gasteiger partial charge < -0.3 is 35.0 Å². The molecule has 0 radical (unpaired) electrons. The summed E-state index contributed by atoms with van der Waals surface area (Å²) >= 11 is 0. The zero-order valence-electron chi connectivity index (χ0n) is 14.0. The zero-order valence-corrected chi connectivity index (χ0v) is 14.0. The summed E-state index contributed by atoms with van der Waals surface area (Å²) in [5.74, 6) is 0. The number of rotatable bonds is 3. The normalized spacial score (nSPS) is 40.7. The maximum Gasteiger partial charge on any atom is 0.330 e. The van der Waals surface area contributed by atoms with Crippen molar-refractivity contribution in [2.24, 2.45) is 0 Å². The second-order valence-electron chi connectivity index (χ2n) is 6.70. The fraction of sp³-hybridized carbons (Fsp3) is 0.733. The summed E-state index contributed by atoms with van der Waals surface area (Å²) in [5.41, 5.74) is -3.12. The van der Waals surface area contributed by atoms with Crippen molar-refractivity contribution in [3.8, 4) is 0 Å². The number of aromatic nitrogens is 2. The second-order valence-corrected chi connectivity index (χ2v) is 6.70. The van der Waals surface area contributed by atoms with Crippen LogP contribution in [-0.4, -0.2) is 84.9 Å². The van der Waals surface area contributed by atoms with Gasteiger partial charge in [0.2, 0.25) is 0 Å². The van der Waals surface area contributed by atoms with Gasteiger partial charge in [0.25, 0.3) is 5.56 Å². The van der Waals surface area contributed by atoms with Gasteiger partial charge in [-0.15, -0.1) is 0 Å². The first kappa shape index (κ1) is 19.2. The number of H-pyrrole nitrogens is 1. The van der Waals surface area contributed by atoms with Gasteiger partial charge in [0, 0.05) is 18.2 Å². The van der Waals surface area contributed by atoms with E-state index in [0.29, 0.717) is 0 Å². The fourth-order valence-corrected chi connectivity index (χ4v) is 3.51. The largest absolute Gasteiger partial charge is 0.394 e. The van der Waals surface area contributed by atoms with E-state index in [-0.39, 0.29) is 18.6 Å². The Labute approximate surface area is 147 Å². The highest BCUT2D eigenvalue weighted by Crippen LogP contribution is 2.41. The summed E-state index contributed by atoms with van der Waals surface area (Å²) in [4.78, 5) is 26.2. The van der Waals surface area contributed by atoms with Crippen LogP contribution in [0.3, 0.4) is 0 Å². The Hall–Kier alpha value is -1.60. The van der Waals surface area contributed by atoms with Crippen LogP contribution < -0.4 is 11.2 Å². The molecule has 0 aliphatic carbocycles. The molecule has 1 aromatic heterocycles. The number of hydrogen-bond acceptors (Lipinski definition) is 9. The van der Waals surface area contributed by atoms with Gasteiger partial charge in [-0.2, -0.15) is 0 Å². The van der Waals surface area contributed by atoms with Crippen molar-refractivity contribution >= 4 is 0 Å². The maximum absolute atomic E-state index is 12.4. The van der Waals surface area contributed by atoms with Gasteiger partial charge in [-0.05, 0) is 6.92 Å². The third kappa shape index (κ3) is 2.91. The Kier molecular flexibility index (Phi) is 5.05.